The predicted octanol–water partition coefficient (Wildman–Crippen LogP) is 4.85. The van der Waals surface area contributed by atoms with Crippen LogP contribution >= 0.6 is 11.6 Å². The SMILES string of the molecule is COc1ccc([C@H](C(=O)NC2CCCCCC2)N(Cc2ccccc2OC)C(=O)CCl)cc1. The van der Waals surface area contributed by atoms with Crippen LogP contribution in [0.4, 0.5) is 0 Å². The second-order valence-corrected chi connectivity index (χ2v) is 8.61. The number of para-hydroxylation sites is 1. The van der Waals surface area contributed by atoms with Gasteiger partial charge in [-0.05, 0) is 36.6 Å². The summed E-state index contributed by atoms with van der Waals surface area (Å²) in [7, 11) is 3.18. The first kappa shape index (κ1) is 24.9. The molecular formula is C26H33ClN2O4. The standard InChI is InChI=1S/C26H33ClN2O4/c1-32-22-15-13-19(14-16-22)25(26(31)28-21-10-5-3-4-6-11-21)29(24(30)17-27)18-20-9-7-8-12-23(20)33-2/h7-9,12-16,21,25H,3-6,10-11,17-18H2,1-2H3,(H,28,31)/t25-/m1/s1. The maximum absolute atomic E-state index is 13.7. The number of carbonyl (C=O) groups is 2. The van der Waals surface area contributed by atoms with E-state index in [9.17, 15) is 9.59 Å². The van der Waals surface area contributed by atoms with Crippen molar-refractivity contribution in [1.29, 1.82) is 0 Å². The van der Waals surface area contributed by atoms with E-state index in [1.807, 2.05) is 36.4 Å². The van der Waals surface area contributed by atoms with Gasteiger partial charge < -0.3 is 19.7 Å². The zero-order valence-corrected chi connectivity index (χ0v) is 20.1. The highest BCUT2D eigenvalue weighted by Crippen LogP contribution is 2.29. The van der Waals surface area contributed by atoms with Gasteiger partial charge in [-0.15, -0.1) is 11.6 Å². The first-order valence-corrected chi connectivity index (χ1v) is 12.0. The molecule has 0 radical (unpaired) electrons. The molecule has 1 aliphatic carbocycles. The van der Waals surface area contributed by atoms with Gasteiger partial charge >= 0.3 is 0 Å². The number of amides is 2. The summed E-state index contributed by atoms with van der Waals surface area (Å²) in [4.78, 5) is 28.3. The van der Waals surface area contributed by atoms with Crippen molar-refractivity contribution in [1.82, 2.24) is 10.2 Å². The Morgan fingerprint density at radius 3 is 2.27 bits per heavy atom. The molecule has 0 aliphatic heterocycles. The number of nitrogens with zero attached hydrogens (tertiary/aromatic N) is 1. The number of ether oxygens (including phenoxy) is 2. The third-order valence-electron chi connectivity index (χ3n) is 6.16. The minimum absolute atomic E-state index is 0.111. The Morgan fingerprint density at radius 1 is 1.00 bits per heavy atom. The van der Waals surface area contributed by atoms with Crippen molar-refractivity contribution in [3.05, 3.63) is 59.7 Å². The Labute approximate surface area is 201 Å². The molecule has 178 valence electrons. The van der Waals surface area contributed by atoms with Gasteiger partial charge in [0.25, 0.3) is 0 Å². The van der Waals surface area contributed by atoms with Gasteiger partial charge in [-0.1, -0.05) is 56.0 Å². The first-order valence-electron chi connectivity index (χ1n) is 11.5. The number of hydrogen-bond acceptors (Lipinski definition) is 4. The molecule has 1 fully saturated rings. The first-order chi connectivity index (χ1) is 16.1. The number of benzene rings is 2. The van der Waals surface area contributed by atoms with Crippen molar-refractivity contribution in [2.45, 2.75) is 57.2 Å². The summed E-state index contributed by atoms with van der Waals surface area (Å²) < 4.78 is 10.8. The summed E-state index contributed by atoms with van der Waals surface area (Å²) in [6.45, 7) is 0.199. The lowest BCUT2D eigenvalue weighted by Gasteiger charge is -2.32. The van der Waals surface area contributed by atoms with Gasteiger partial charge in [-0.3, -0.25) is 9.59 Å². The molecular weight excluding hydrogens is 440 g/mol. The van der Waals surface area contributed by atoms with Crippen molar-refractivity contribution >= 4 is 23.4 Å². The van der Waals surface area contributed by atoms with Gasteiger partial charge in [0.15, 0.2) is 0 Å². The van der Waals surface area contributed by atoms with E-state index in [0.717, 1.165) is 31.2 Å². The number of rotatable bonds is 9. The monoisotopic (exact) mass is 472 g/mol. The lowest BCUT2D eigenvalue weighted by molar-refractivity contribution is -0.140. The van der Waals surface area contributed by atoms with Crippen molar-refractivity contribution in [3.8, 4) is 11.5 Å². The van der Waals surface area contributed by atoms with Crippen LogP contribution in [0.25, 0.3) is 0 Å². The van der Waals surface area contributed by atoms with Crippen molar-refractivity contribution < 1.29 is 19.1 Å². The van der Waals surface area contributed by atoms with Gasteiger partial charge in [-0.25, -0.2) is 0 Å². The number of methoxy groups -OCH3 is 2. The molecule has 1 N–H and O–H groups in total. The zero-order chi connectivity index (χ0) is 23.6. The molecule has 1 aliphatic rings. The van der Waals surface area contributed by atoms with Gasteiger partial charge in [0.2, 0.25) is 11.8 Å². The molecule has 0 heterocycles. The summed E-state index contributed by atoms with van der Waals surface area (Å²) in [5.74, 6) is 0.599. The van der Waals surface area contributed by atoms with Crippen LogP contribution in [0.2, 0.25) is 0 Å². The van der Waals surface area contributed by atoms with E-state index < -0.39 is 6.04 Å². The van der Waals surface area contributed by atoms with Crippen LogP contribution in [0, 0.1) is 0 Å². The van der Waals surface area contributed by atoms with Crippen molar-refractivity contribution in [2.75, 3.05) is 20.1 Å². The fourth-order valence-electron chi connectivity index (χ4n) is 4.38. The Kier molecular flexibility index (Phi) is 9.43. The van der Waals surface area contributed by atoms with E-state index in [1.54, 1.807) is 31.3 Å². The van der Waals surface area contributed by atoms with Gasteiger partial charge in [0.1, 0.15) is 23.4 Å². The van der Waals surface area contributed by atoms with E-state index in [-0.39, 0.29) is 30.3 Å². The molecule has 6 nitrogen and oxygen atoms in total. The topological polar surface area (TPSA) is 67.9 Å². The van der Waals surface area contributed by atoms with Crippen molar-refractivity contribution in [3.63, 3.8) is 0 Å². The lowest BCUT2D eigenvalue weighted by Crippen LogP contribution is -2.46. The molecule has 0 unspecified atom stereocenters. The highest BCUT2D eigenvalue weighted by molar-refractivity contribution is 6.27. The number of alkyl halides is 1. The molecule has 7 heteroatoms. The zero-order valence-electron chi connectivity index (χ0n) is 19.4. The highest BCUT2D eigenvalue weighted by atomic mass is 35.5. The summed E-state index contributed by atoms with van der Waals surface area (Å²) in [5, 5.41) is 3.22. The van der Waals surface area contributed by atoms with Crippen LogP contribution in [-0.4, -0.2) is 42.9 Å². The van der Waals surface area contributed by atoms with E-state index in [4.69, 9.17) is 21.1 Å². The molecule has 33 heavy (non-hydrogen) atoms. The third kappa shape index (κ3) is 6.64. The molecule has 1 atom stereocenters. The summed E-state index contributed by atoms with van der Waals surface area (Å²) in [6, 6.07) is 14.0. The number of carbonyl (C=O) groups excluding carboxylic acids is 2. The fraction of sp³-hybridized carbons (Fsp3) is 0.462. The average Bonchev–Trinajstić information content (AvgIpc) is 3.12. The molecule has 0 saturated heterocycles. The third-order valence-corrected chi connectivity index (χ3v) is 6.39. The smallest absolute Gasteiger partial charge is 0.247 e. The van der Waals surface area contributed by atoms with Gasteiger partial charge in [0, 0.05) is 11.6 Å². The second-order valence-electron chi connectivity index (χ2n) is 8.34. The Bertz CT molecular complexity index is 911. The second kappa shape index (κ2) is 12.5. The minimum Gasteiger partial charge on any atom is -0.497 e. The molecule has 2 amide bonds. The maximum atomic E-state index is 13.7. The van der Waals surface area contributed by atoms with Crippen LogP contribution in [0.3, 0.4) is 0 Å². The van der Waals surface area contributed by atoms with Crippen LogP contribution in [0.1, 0.15) is 55.7 Å². The van der Waals surface area contributed by atoms with E-state index in [0.29, 0.717) is 17.1 Å². The van der Waals surface area contributed by atoms with Crippen LogP contribution in [0.5, 0.6) is 11.5 Å². The number of halogens is 1. The molecule has 0 spiro atoms. The molecule has 1 saturated carbocycles. The van der Waals surface area contributed by atoms with Gasteiger partial charge in [0.05, 0.1) is 20.8 Å². The number of nitrogens with one attached hydrogen (secondary N) is 1. The van der Waals surface area contributed by atoms with Crippen molar-refractivity contribution in [2.24, 2.45) is 0 Å². The van der Waals surface area contributed by atoms with Crippen LogP contribution in [-0.2, 0) is 16.1 Å². The quantitative estimate of drug-likeness (QED) is 0.418. The summed E-state index contributed by atoms with van der Waals surface area (Å²) in [5.41, 5.74) is 1.51. The minimum atomic E-state index is -0.824. The molecule has 3 rings (SSSR count). The highest BCUT2D eigenvalue weighted by Gasteiger charge is 2.33. The molecule has 2 aromatic rings. The predicted molar refractivity (Wildman–Crippen MR) is 130 cm³/mol. The molecule has 0 aromatic heterocycles. The fourth-order valence-corrected chi connectivity index (χ4v) is 4.53. The van der Waals surface area contributed by atoms with E-state index in [1.165, 1.54) is 12.8 Å². The van der Waals surface area contributed by atoms with Crippen LogP contribution < -0.4 is 14.8 Å². The normalized spacial score (nSPS) is 15.2. The van der Waals surface area contributed by atoms with E-state index in [2.05, 4.69) is 5.32 Å². The average molecular weight is 473 g/mol. The Morgan fingerprint density at radius 2 is 1.67 bits per heavy atom. The summed E-state index contributed by atoms with van der Waals surface area (Å²) >= 11 is 6.01. The molecule has 0 bridgehead atoms. The lowest BCUT2D eigenvalue weighted by atomic mass is 10.0. The summed E-state index contributed by atoms with van der Waals surface area (Å²) in [6.07, 6.45) is 6.50. The van der Waals surface area contributed by atoms with E-state index >= 15 is 0 Å². The Hall–Kier alpha value is -2.73. The van der Waals surface area contributed by atoms with Crippen LogP contribution in [0.15, 0.2) is 48.5 Å². The maximum Gasteiger partial charge on any atom is 0.247 e. The Balaban J connectivity index is 1.97. The largest absolute Gasteiger partial charge is 0.497 e. The van der Waals surface area contributed by atoms with Gasteiger partial charge in [-0.2, -0.15) is 0 Å². The molecule has 2 aromatic carbocycles. The number of hydrogen-bond donors (Lipinski definition) is 1.